The molecule has 1 N–H and O–H groups in total. The van der Waals surface area contributed by atoms with E-state index < -0.39 is 0 Å². The summed E-state index contributed by atoms with van der Waals surface area (Å²) >= 11 is 6.16. The van der Waals surface area contributed by atoms with Crippen LogP contribution in [0.1, 0.15) is 20.3 Å². The van der Waals surface area contributed by atoms with E-state index in [9.17, 15) is 0 Å². The van der Waals surface area contributed by atoms with Gasteiger partial charge in [-0.25, -0.2) is 0 Å². The molecule has 88 valence electrons. The molecule has 1 atom stereocenters. The maximum absolute atomic E-state index is 6.16. The molecule has 0 aliphatic carbocycles. The third-order valence-corrected chi connectivity index (χ3v) is 2.96. The van der Waals surface area contributed by atoms with Crippen LogP contribution in [0.15, 0.2) is 12.1 Å². The van der Waals surface area contributed by atoms with Crippen molar-refractivity contribution in [2.45, 2.75) is 26.3 Å². The van der Waals surface area contributed by atoms with Crippen molar-refractivity contribution in [1.29, 1.82) is 0 Å². The van der Waals surface area contributed by atoms with Crippen LogP contribution in [-0.2, 0) is 0 Å². The first-order valence-corrected chi connectivity index (χ1v) is 5.94. The Hall–Kier alpha value is -1.09. The quantitative estimate of drug-likeness (QED) is 0.881. The van der Waals surface area contributed by atoms with E-state index in [-0.39, 0.29) is 0 Å². The Labute approximate surface area is 101 Å². The van der Waals surface area contributed by atoms with Crippen molar-refractivity contribution in [2.24, 2.45) is 0 Å². The molecule has 4 heteroatoms. The Morgan fingerprint density at radius 2 is 1.94 bits per heavy atom. The first kappa shape index (κ1) is 11.4. The molecule has 0 radical (unpaired) electrons. The van der Waals surface area contributed by atoms with Gasteiger partial charge in [-0.3, -0.25) is 0 Å². The molecule has 0 saturated carbocycles. The normalized spacial score (nSPS) is 15.7. The van der Waals surface area contributed by atoms with Crippen LogP contribution in [-0.4, -0.2) is 19.3 Å². The SMILES string of the molecule is CCC(C)Nc1cc2c(cc1Cl)OCCO2. The predicted octanol–water partition coefficient (Wildman–Crippen LogP) is 3.32. The van der Waals surface area contributed by atoms with Crippen LogP contribution in [0, 0.1) is 0 Å². The number of rotatable bonds is 3. The summed E-state index contributed by atoms with van der Waals surface area (Å²) in [4.78, 5) is 0. The van der Waals surface area contributed by atoms with Crippen molar-refractivity contribution in [1.82, 2.24) is 0 Å². The van der Waals surface area contributed by atoms with Crippen molar-refractivity contribution < 1.29 is 9.47 Å². The Balaban J connectivity index is 2.25. The number of nitrogens with one attached hydrogen (secondary N) is 1. The zero-order chi connectivity index (χ0) is 11.5. The van der Waals surface area contributed by atoms with Crippen molar-refractivity contribution in [3.8, 4) is 11.5 Å². The van der Waals surface area contributed by atoms with Gasteiger partial charge in [0.2, 0.25) is 0 Å². The van der Waals surface area contributed by atoms with Crippen molar-refractivity contribution in [2.75, 3.05) is 18.5 Å². The molecule has 3 nitrogen and oxygen atoms in total. The largest absolute Gasteiger partial charge is 0.486 e. The minimum atomic E-state index is 0.389. The molecule has 16 heavy (non-hydrogen) atoms. The van der Waals surface area contributed by atoms with Crippen LogP contribution >= 0.6 is 11.6 Å². The third kappa shape index (κ3) is 2.35. The number of fused-ring (bicyclic) bond motifs is 1. The zero-order valence-corrected chi connectivity index (χ0v) is 10.3. The molecule has 1 unspecified atom stereocenters. The van der Waals surface area contributed by atoms with Gasteiger partial charge in [0.05, 0.1) is 10.7 Å². The molecule has 0 saturated heterocycles. The second-order valence-corrected chi connectivity index (χ2v) is 4.34. The fourth-order valence-corrected chi connectivity index (χ4v) is 1.75. The summed E-state index contributed by atoms with van der Waals surface area (Å²) in [6, 6.07) is 4.10. The Morgan fingerprint density at radius 1 is 1.31 bits per heavy atom. The Morgan fingerprint density at radius 3 is 2.56 bits per heavy atom. The summed E-state index contributed by atoms with van der Waals surface area (Å²) in [5.41, 5.74) is 0.903. The van der Waals surface area contributed by atoms with E-state index in [1.54, 1.807) is 6.07 Å². The standard InChI is InChI=1S/C12H16ClNO2/c1-3-8(2)14-10-7-12-11(6-9(10)13)15-4-5-16-12/h6-8,14H,3-5H2,1-2H3. The second kappa shape index (κ2) is 4.83. The fraction of sp³-hybridized carbons (Fsp3) is 0.500. The number of halogens is 1. The van der Waals surface area contributed by atoms with Gasteiger partial charge in [0.25, 0.3) is 0 Å². The van der Waals surface area contributed by atoms with Gasteiger partial charge < -0.3 is 14.8 Å². The monoisotopic (exact) mass is 241 g/mol. The summed E-state index contributed by atoms with van der Waals surface area (Å²) < 4.78 is 11.0. The highest BCUT2D eigenvalue weighted by Crippen LogP contribution is 2.38. The average molecular weight is 242 g/mol. The van der Waals surface area contributed by atoms with Gasteiger partial charge in [-0.1, -0.05) is 18.5 Å². The maximum Gasteiger partial charge on any atom is 0.163 e. The molecule has 0 amide bonds. The first-order valence-electron chi connectivity index (χ1n) is 5.56. The predicted molar refractivity (Wildman–Crippen MR) is 65.8 cm³/mol. The third-order valence-electron chi connectivity index (χ3n) is 2.65. The lowest BCUT2D eigenvalue weighted by atomic mass is 10.2. The van der Waals surface area contributed by atoms with Gasteiger partial charge in [0.1, 0.15) is 13.2 Å². The molecule has 0 spiro atoms. The topological polar surface area (TPSA) is 30.5 Å². The van der Waals surface area contributed by atoms with Crippen LogP contribution < -0.4 is 14.8 Å². The summed E-state index contributed by atoms with van der Waals surface area (Å²) in [7, 11) is 0. The van der Waals surface area contributed by atoms with Crippen LogP contribution in [0.5, 0.6) is 11.5 Å². The van der Waals surface area contributed by atoms with E-state index in [1.807, 2.05) is 6.07 Å². The summed E-state index contributed by atoms with van der Waals surface area (Å²) in [5.74, 6) is 1.49. The van der Waals surface area contributed by atoms with Gasteiger partial charge in [-0.2, -0.15) is 0 Å². The molecular formula is C12H16ClNO2. The van der Waals surface area contributed by atoms with Gasteiger partial charge in [-0.05, 0) is 13.3 Å². The van der Waals surface area contributed by atoms with Gasteiger partial charge in [0, 0.05) is 18.2 Å². The van der Waals surface area contributed by atoms with Crippen LogP contribution in [0.25, 0.3) is 0 Å². The Bertz CT molecular complexity index is 382. The molecule has 0 bridgehead atoms. The number of hydrogen-bond donors (Lipinski definition) is 1. The molecule has 1 heterocycles. The van der Waals surface area contributed by atoms with Gasteiger partial charge in [0.15, 0.2) is 11.5 Å². The molecule has 2 rings (SSSR count). The van der Waals surface area contributed by atoms with Crippen LogP contribution in [0.3, 0.4) is 0 Å². The van der Waals surface area contributed by atoms with E-state index in [2.05, 4.69) is 19.2 Å². The van der Waals surface area contributed by atoms with Crippen molar-refractivity contribution in [3.63, 3.8) is 0 Å². The van der Waals surface area contributed by atoms with Crippen molar-refractivity contribution >= 4 is 17.3 Å². The minimum absolute atomic E-state index is 0.389. The average Bonchev–Trinajstić information content (AvgIpc) is 2.30. The highest BCUT2D eigenvalue weighted by Gasteiger charge is 2.15. The van der Waals surface area contributed by atoms with Gasteiger partial charge >= 0.3 is 0 Å². The molecule has 0 aromatic heterocycles. The van der Waals surface area contributed by atoms with Crippen molar-refractivity contribution in [3.05, 3.63) is 17.2 Å². The lowest BCUT2D eigenvalue weighted by Gasteiger charge is -2.21. The zero-order valence-electron chi connectivity index (χ0n) is 9.55. The van der Waals surface area contributed by atoms with E-state index in [4.69, 9.17) is 21.1 Å². The van der Waals surface area contributed by atoms with E-state index in [0.717, 1.165) is 23.6 Å². The van der Waals surface area contributed by atoms with E-state index >= 15 is 0 Å². The molecular weight excluding hydrogens is 226 g/mol. The molecule has 1 aromatic rings. The molecule has 1 aromatic carbocycles. The lowest BCUT2D eigenvalue weighted by Crippen LogP contribution is -2.17. The first-order chi connectivity index (χ1) is 7.70. The summed E-state index contributed by atoms with van der Waals surface area (Å²) in [5, 5.41) is 4.01. The maximum atomic E-state index is 6.16. The molecule has 1 aliphatic rings. The van der Waals surface area contributed by atoms with Crippen LogP contribution in [0.2, 0.25) is 5.02 Å². The Kier molecular flexibility index (Phi) is 3.44. The van der Waals surface area contributed by atoms with E-state index in [0.29, 0.717) is 24.3 Å². The highest BCUT2D eigenvalue weighted by atomic mass is 35.5. The smallest absolute Gasteiger partial charge is 0.163 e. The number of ether oxygens (including phenoxy) is 2. The highest BCUT2D eigenvalue weighted by molar-refractivity contribution is 6.33. The lowest BCUT2D eigenvalue weighted by molar-refractivity contribution is 0.171. The minimum Gasteiger partial charge on any atom is -0.486 e. The molecule has 0 fully saturated rings. The van der Waals surface area contributed by atoms with Crippen LogP contribution in [0.4, 0.5) is 5.69 Å². The number of hydrogen-bond acceptors (Lipinski definition) is 3. The van der Waals surface area contributed by atoms with Gasteiger partial charge in [-0.15, -0.1) is 0 Å². The summed E-state index contributed by atoms with van der Waals surface area (Å²) in [6.45, 7) is 5.43. The summed E-state index contributed by atoms with van der Waals surface area (Å²) in [6.07, 6.45) is 1.05. The molecule has 1 aliphatic heterocycles. The number of benzene rings is 1. The fourth-order valence-electron chi connectivity index (χ4n) is 1.54. The number of anilines is 1. The second-order valence-electron chi connectivity index (χ2n) is 3.93. The van der Waals surface area contributed by atoms with E-state index in [1.165, 1.54) is 0 Å².